The molecule has 6 N–H and O–H groups in total. The number of nitrogens with two attached hydrogens (primary N) is 1. The highest BCUT2D eigenvalue weighted by Crippen LogP contribution is 2.21. The third-order valence-electron chi connectivity index (χ3n) is 3.68. The van der Waals surface area contributed by atoms with Gasteiger partial charge >= 0.3 is 0 Å². The Morgan fingerprint density at radius 1 is 0.931 bits per heavy atom. The van der Waals surface area contributed by atoms with E-state index in [0.29, 0.717) is 20.6 Å². The monoisotopic (exact) mass is 475 g/mol. The van der Waals surface area contributed by atoms with Gasteiger partial charge in [-0.2, -0.15) is 0 Å². The summed E-state index contributed by atoms with van der Waals surface area (Å²) in [7, 11) is 0. The first-order valence-corrected chi connectivity index (χ1v) is 9.36. The van der Waals surface area contributed by atoms with Crippen LogP contribution >= 0.6 is 27.5 Å². The van der Waals surface area contributed by atoms with Gasteiger partial charge in [0.25, 0.3) is 11.8 Å². The average Bonchev–Trinajstić information content (AvgIpc) is 2.72. The van der Waals surface area contributed by atoms with Crippen LogP contribution in [0.2, 0.25) is 5.02 Å². The molecule has 3 rings (SSSR count). The molecule has 0 unspecified atom stereocenters. The van der Waals surface area contributed by atoms with E-state index < -0.39 is 5.91 Å². The van der Waals surface area contributed by atoms with Gasteiger partial charge in [-0.15, -0.1) is 0 Å². The predicted octanol–water partition coefficient (Wildman–Crippen LogP) is 2.99. The van der Waals surface area contributed by atoms with Crippen molar-refractivity contribution in [3.05, 3.63) is 75.5 Å². The van der Waals surface area contributed by atoms with Crippen molar-refractivity contribution in [3.8, 4) is 0 Å². The van der Waals surface area contributed by atoms with Crippen LogP contribution in [-0.4, -0.2) is 21.8 Å². The highest BCUT2D eigenvalue weighted by molar-refractivity contribution is 9.10. The predicted molar refractivity (Wildman–Crippen MR) is 114 cm³/mol. The molecule has 1 heterocycles. The number of hydrogen-bond acceptors (Lipinski definition) is 7. The third kappa shape index (κ3) is 5.12. The lowest BCUT2D eigenvalue weighted by Crippen LogP contribution is -2.32. The third-order valence-corrected chi connectivity index (χ3v) is 4.60. The molecule has 0 atom stereocenters. The number of anilines is 3. The molecule has 1 aromatic heterocycles. The molecule has 0 radical (unpaired) electrons. The van der Waals surface area contributed by atoms with Crippen molar-refractivity contribution in [1.29, 1.82) is 0 Å². The van der Waals surface area contributed by atoms with Crippen molar-refractivity contribution in [1.82, 2.24) is 20.8 Å². The Balaban J connectivity index is 1.64. The lowest BCUT2D eigenvalue weighted by molar-refractivity contribution is 0.0954. The van der Waals surface area contributed by atoms with E-state index in [0.717, 1.165) is 0 Å². The number of aromatic nitrogens is 2. The zero-order chi connectivity index (χ0) is 20.8. The molecule has 3 aromatic rings. The van der Waals surface area contributed by atoms with Crippen LogP contribution in [0.1, 0.15) is 20.7 Å². The lowest BCUT2D eigenvalue weighted by Gasteiger charge is -2.14. The maximum Gasteiger partial charge on any atom is 0.270 e. The topological polar surface area (TPSA) is 134 Å². The summed E-state index contributed by atoms with van der Waals surface area (Å²) in [6, 6.07) is 13.4. The van der Waals surface area contributed by atoms with Gasteiger partial charge in [-0.3, -0.25) is 31.3 Å². The van der Waals surface area contributed by atoms with Crippen LogP contribution in [0.5, 0.6) is 0 Å². The Morgan fingerprint density at radius 3 is 2.24 bits per heavy atom. The summed E-state index contributed by atoms with van der Waals surface area (Å²) in [6.45, 7) is 0. The maximum atomic E-state index is 12.3. The molecule has 29 heavy (non-hydrogen) atoms. The fraction of sp³-hybridized carbons (Fsp3) is 0. The zero-order valence-electron chi connectivity index (χ0n) is 14.7. The number of nitrogens with zero attached hydrogens (tertiary/aromatic N) is 2. The summed E-state index contributed by atoms with van der Waals surface area (Å²) in [6.07, 6.45) is 1.22. The zero-order valence-corrected chi connectivity index (χ0v) is 17.1. The summed E-state index contributed by atoms with van der Waals surface area (Å²) < 4.78 is 0.640. The normalized spacial score (nSPS) is 10.1. The first-order chi connectivity index (χ1) is 14.0. The maximum absolute atomic E-state index is 12.3. The van der Waals surface area contributed by atoms with E-state index in [2.05, 4.69) is 47.6 Å². The molecule has 0 aliphatic heterocycles. The van der Waals surface area contributed by atoms with Crippen molar-refractivity contribution >= 4 is 56.7 Å². The average molecular weight is 477 g/mol. The van der Waals surface area contributed by atoms with E-state index in [1.165, 1.54) is 12.4 Å². The number of nitrogens with one attached hydrogen (secondary N) is 4. The summed E-state index contributed by atoms with van der Waals surface area (Å²) in [4.78, 5) is 32.4. The number of rotatable bonds is 6. The van der Waals surface area contributed by atoms with Crippen LogP contribution < -0.4 is 27.4 Å². The van der Waals surface area contributed by atoms with Crippen molar-refractivity contribution in [2.24, 2.45) is 0 Å². The van der Waals surface area contributed by atoms with E-state index in [9.17, 15) is 9.59 Å². The molecule has 0 saturated heterocycles. The minimum atomic E-state index is -0.428. The second-order valence-electron chi connectivity index (χ2n) is 5.63. The highest BCUT2D eigenvalue weighted by atomic mass is 79.9. The first kappa shape index (κ1) is 20.4. The Bertz CT molecular complexity index is 1060. The van der Waals surface area contributed by atoms with Crippen LogP contribution in [0, 0.1) is 0 Å². The molecule has 2 amide bonds. The van der Waals surface area contributed by atoms with Gasteiger partial charge in [0.15, 0.2) is 11.6 Å². The molecule has 0 fully saturated rings. The summed E-state index contributed by atoms with van der Waals surface area (Å²) >= 11 is 9.19. The number of benzene rings is 2. The molecule has 0 bridgehead atoms. The van der Waals surface area contributed by atoms with Crippen molar-refractivity contribution < 1.29 is 9.59 Å². The summed E-state index contributed by atoms with van der Waals surface area (Å²) in [5.74, 6) is -0.519. The summed E-state index contributed by atoms with van der Waals surface area (Å²) in [5, 5.41) is 0.437. The van der Waals surface area contributed by atoms with Crippen LogP contribution in [0.4, 0.5) is 17.3 Å². The number of hydrazine groups is 2. The van der Waals surface area contributed by atoms with Gasteiger partial charge in [-0.25, -0.2) is 9.97 Å². The quantitative estimate of drug-likeness (QED) is 0.345. The smallest absolute Gasteiger partial charge is 0.270 e. The first-order valence-electron chi connectivity index (χ1n) is 8.19. The Labute approximate surface area is 179 Å². The lowest BCUT2D eigenvalue weighted by atomic mass is 10.2. The van der Waals surface area contributed by atoms with Gasteiger partial charge in [0.2, 0.25) is 0 Å². The molecule has 148 valence electrons. The van der Waals surface area contributed by atoms with Gasteiger partial charge in [-0.1, -0.05) is 29.8 Å². The number of carbonyl (C=O) groups excluding carboxylic acids is 2. The highest BCUT2D eigenvalue weighted by Gasteiger charge is 2.13. The van der Waals surface area contributed by atoms with Crippen molar-refractivity contribution in [3.63, 3.8) is 0 Å². The van der Waals surface area contributed by atoms with Crippen LogP contribution in [-0.2, 0) is 0 Å². The molecule has 0 saturated carbocycles. The van der Waals surface area contributed by atoms with Crippen LogP contribution in [0.3, 0.4) is 0 Å². The van der Waals surface area contributed by atoms with Gasteiger partial charge in [-0.05, 0) is 46.3 Å². The standard InChI is InChI=1S/C18H15BrClN7O2/c19-13-7-2-1-6-12(13)18(29)27-25-16-14(21)15(22-9-23-16)24-26-17(28)10-4-3-5-11(20)8-10/h1-9H,21H2,(H,26,28)(H,27,29)(H2,22,23,24,25). The van der Waals surface area contributed by atoms with Gasteiger partial charge in [0.1, 0.15) is 12.0 Å². The molecule has 0 aliphatic rings. The van der Waals surface area contributed by atoms with Gasteiger partial charge in [0.05, 0.1) is 5.56 Å². The van der Waals surface area contributed by atoms with Crippen molar-refractivity contribution in [2.45, 2.75) is 0 Å². The molecule has 2 aromatic carbocycles. The van der Waals surface area contributed by atoms with Crippen LogP contribution in [0.15, 0.2) is 59.3 Å². The second kappa shape index (κ2) is 9.22. The SMILES string of the molecule is Nc1c(NNC(=O)c2cccc(Cl)c2)ncnc1NNC(=O)c1ccccc1Br. The molecule has 0 aliphatic carbocycles. The number of nitrogen functional groups attached to an aromatic ring is 1. The van der Waals surface area contributed by atoms with E-state index >= 15 is 0 Å². The van der Waals surface area contributed by atoms with E-state index in [4.69, 9.17) is 17.3 Å². The summed E-state index contributed by atoms with van der Waals surface area (Å²) in [5.41, 5.74) is 17.1. The minimum absolute atomic E-state index is 0.0892. The Morgan fingerprint density at radius 2 is 1.59 bits per heavy atom. The van der Waals surface area contributed by atoms with Gasteiger partial charge in [0, 0.05) is 15.1 Å². The van der Waals surface area contributed by atoms with E-state index in [1.807, 2.05) is 0 Å². The van der Waals surface area contributed by atoms with Crippen molar-refractivity contribution in [2.75, 3.05) is 16.6 Å². The number of amides is 2. The largest absolute Gasteiger partial charge is 0.393 e. The van der Waals surface area contributed by atoms with E-state index in [1.54, 1.807) is 42.5 Å². The molecular formula is C18H15BrClN7O2. The van der Waals surface area contributed by atoms with E-state index in [-0.39, 0.29) is 23.2 Å². The molecular weight excluding hydrogens is 462 g/mol. The van der Waals surface area contributed by atoms with Gasteiger partial charge < -0.3 is 5.73 Å². The minimum Gasteiger partial charge on any atom is -0.393 e. The second-order valence-corrected chi connectivity index (χ2v) is 6.92. The number of hydrogen-bond donors (Lipinski definition) is 5. The fourth-order valence-corrected chi connectivity index (χ4v) is 2.90. The Hall–Kier alpha value is -3.37. The molecule has 9 nitrogen and oxygen atoms in total. The van der Waals surface area contributed by atoms with Crippen LogP contribution in [0.25, 0.3) is 0 Å². The number of halogens is 2. The fourth-order valence-electron chi connectivity index (χ4n) is 2.24. The molecule has 0 spiro atoms. The Kier molecular flexibility index (Phi) is 6.47. The molecule has 11 heteroatoms. The number of carbonyl (C=O) groups is 2.